The zero-order valence-corrected chi connectivity index (χ0v) is 13.7. The number of pyridine rings is 1. The second kappa shape index (κ2) is 6.67. The van der Waals surface area contributed by atoms with Crippen LogP contribution >= 0.6 is 0 Å². The molecule has 0 saturated carbocycles. The van der Waals surface area contributed by atoms with Gasteiger partial charge in [-0.25, -0.2) is 14.3 Å². The predicted octanol–water partition coefficient (Wildman–Crippen LogP) is 1.28. The first kappa shape index (κ1) is 15.9. The van der Waals surface area contributed by atoms with Gasteiger partial charge in [-0.3, -0.25) is 4.68 Å². The minimum absolute atomic E-state index is 0.318. The summed E-state index contributed by atoms with van der Waals surface area (Å²) < 4.78 is 8.52. The Kier molecular flexibility index (Phi) is 4.43. The number of fused-ring (bicyclic) bond motifs is 1. The van der Waals surface area contributed by atoms with E-state index in [1.54, 1.807) is 47.8 Å². The van der Waals surface area contributed by atoms with Crippen LogP contribution in [0.1, 0.15) is 17.6 Å². The molecule has 9 nitrogen and oxygen atoms in total. The number of carbonyl (C=O) groups is 1. The van der Waals surface area contributed by atoms with Gasteiger partial charge in [0.1, 0.15) is 5.82 Å². The van der Waals surface area contributed by atoms with E-state index >= 15 is 0 Å². The van der Waals surface area contributed by atoms with Crippen LogP contribution in [0.15, 0.2) is 30.6 Å². The molecule has 24 heavy (non-hydrogen) atoms. The van der Waals surface area contributed by atoms with Crippen LogP contribution in [0.4, 0.5) is 10.5 Å². The van der Waals surface area contributed by atoms with E-state index in [0.717, 1.165) is 5.69 Å². The quantitative estimate of drug-likeness (QED) is 0.735. The van der Waals surface area contributed by atoms with Gasteiger partial charge >= 0.3 is 6.03 Å². The van der Waals surface area contributed by atoms with Crippen LogP contribution in [0, 0.1) is 6.92 Å². The molecule has 3 aromatic heterocycles. The third kappa shape index (κ3) is 3.20. The van der Waals surface area contributed by atoms with Crippen molar-refractivity contribution in [1.82, 2.24) is 29.7 Å². The zero-order valence-electron chi connectivity index (χ0n) is 13.7. The smallest absolute Gasteiger partial charge is 0.319 e. The topological polar surface area (TPSA) is 98.4 Å². The lowest BCUT2D eigenvalue weighted by molar-refractivity contribution is 0.165. The summed E-state index contributed by atoms with van der Waals surface area (Å²) in [5.41, 5.74) is 2.02. The molecule has 0 aromatic carbocycles. The number of methoxy groups -OCH3 is 1. The Hall–Kier alpha value is -2.94. The molecule has 0 aliphatic rings. The van der Waals surface area contributed by atoms with E-state index in [2.05, 4.69) is 25.8 Å². The number of urea groups is 1. The molecular weight excluding hydrogens is 310 g/mol. The summed E-state index contributed by atoms with van der Waals surface area (Å²) in [6, 6.07) is 4.74. The highest BCUT2D eigenvalue weighted by Gasteiger charge is 2.18. The maximum atomic E-state index is 12.4. The molecule has 1 unspecified atom stereocenters. The Morgan fingerprint density at radius 2 is 2.25 bits per heavy atom. The Bertz CT molecular complexity index is 855. The molecule has 3 rings (SSSR count). The fourth-order valence-corrected chi connectivity index (χ4v) is 2.52. The highest BCUT2D eigenvalue weighted by molar-refractivity contribution is 5.93. The van der Waals surface area contributed by atoms with Crippen molar-refractivity contribution in [2.24, 2.45) is 7.05 Å². The molecule has 0 fully saturated rings. The Labute approximate surface area is 138 Å². The van der Waals surface area contributed by atoms with Crippen LogP contribution in [0.3, 0.4) is 0 Å². The van der Waals surface area contributed by atoms with Crippen LogP contribution in [-0.2, 0) is 11.8 Å². The van der Waals surface area contributed by atoms with Crippen LogP contribution in [0.5, 0.6) is 0 Å². The summed E-state index contributed by atoms with van der Waals surface area (Å²) in [5.74, 6) is 0.636. The van der Waals surface area contributed by atoms with Gasteiger partial charge in [-0.05, 0) is 25.1 Å². The number of nitrogens with one attached hydrogen (secondary N) is 2. The van der Waals surface area contributed by atoms with Crippen molar-refractivity contribution in [3.8, 4) is 0 Å². The number of aromatic nitrogens is 5. The zero-order chi connectivity index (χ0) is 17.1. The van der Waals surface area contributed by atoms with Crippen LogP contribution in [0.25, 0.3) is 5.65 Å². The number of carbonyl (C=O) groups excluding carboxylic acids is 1. The molecule has 0 saturated heterocycles. The minimum Gasteiger partial charge on any atom is -0.382 e. The fourth-order valence-electron chi connectivity index (χ4n) is 2.52. The normalized spacial score (nSPS) is 12.3. The number of hydrogen-bond donors (Lipinski definition) is 2. The van der Waals surface area contributed by atoms with E-state index < -0.39 is 0 Å². The molecule has 2 N–H and O–H groups in total. The van der Waals surface area contributed by atoms with Crippen LogP contribution in [0.2, 0.25) is 0 Å². The number of hydrogen-bond acceptors (Lipinski definition) is 5. The average molecular weight is 329 g/mol. The Balaban J connectivity index is 1.77. The maximum absolute atomic E-state index is 12.4. The Morgan fingerprint density at radius 3 is 2.96 bits per heavy atom. The first-order chi connectivity index (χ1) is 11.6. The SMILES string of the molecule is COCC(NC(=O)Nc1cccn2nc(C)nc12)c1ccnn1C. The second-order valence-corrected chi connectivity index (χ2v) is 5.34. The molecule has 0 radical (unpaired) electrons. The van der Waals surface area contributed by atoms with Gasteiger partial charge in [0.2, 0.25) is 0 Å². The van der Waals surface area contributed by atoms with Gasteiger partial charge in [0.15, 0.2) is 5.65 Å². The lowest BCUT2D eigenvalue weighted by atomic mass is 10.2. The summed E-state index contributed by atoms with van der Waals surface area (Å²) in [6.45, 7) is 2.13. The molecule has 1 atom stereocenters. The van der Waals surface area contributed by atoms with Crippen molar-refractivity contribution in [2.75, 3.05) is 19.0 Å². The predicted molar refractivity (Wildman–Crippen MR) is 87.7 cm³/mol. The summed E-state index contributed by atoms with van der Waals surface area (Å²) in [5, 5.41) is 14.0. The van der Waals surface area contributed by atoms with Crippen molar-refractivity contribution in [2.45, 2.75) is 13.0 Å². The van der Waals surface area contributed by atoms with Crippen LogP contribution in [-0.4, -0.2) is 44.1 Å². The van der Waals surface area contributed by atoms with E-state index in [4.69, 9.17) is 4.74 Å². The van der Waals surface area contributed by atoms with E-state index in [1.807, 2.05) is 13.1 Å². The van der Waals surface area contributed by atoms with Gasteiger partial charge < -0.3 is 15.4 Å². The van der Waals surface area contributed by atoms with Gasteiger partial charge in [0.25, 0.3) is 0 Å². The van der Waals surface area contributed by atoms with Crippen molar-refractivity contribution in [1.29, 1.82) is 0 Å². The number of nitrogens with zero attached hydrogens (tertiary/aromatic N) is 5. The van der Waals surface area contributed by atoms with E-state index in [1.165, 1.54) is 0 Å². The fraction of sp³-hybridized carbons (Fsp3) is 0.333. The first-order valence-corrected chi connectivity index (χ1v) is 7.45. The highest BCUT2D eigenvalue weighted by Crippen LogP contribution is 2.16. The third-order valence-electron chi connectivity index (χ3n) is 3.57. The first-order valence-electron chi connectivity index (χ1n) is 7.45. The lowest BCUT2D eigenvalue weighted by Crippen LogP contribution is -2.35. The molecule has 0 aliphatic carbocycles. The summed E-state index contributed by atoms with van der Waals surface area (Å²) in [7, 11) is 3.40. The molecule has 0 bridgehead atoms. The second-order valence-electron chi connectivity index (χ2n) is 5.34. The van der Waals surface area contributed by atoms with E-state index in [-0.39, 0.29) is 12.1 Å². The van der Waals surface area contributed by atoms with Gasteiger partial charge in [0.05, 0.1) is 24.0 Å². The van der Waals surface area contributed by atoms with E-state index in [0.29, 0.717) is 23.8 Å². The summed E-state index contributed by atoms with van der Waals surface area (Å²) in [4.78, 5) is 16.7. The van der Waals surface area contributed by atoms with Crippen molar-refractivity contribution in [3.63, 3.8) is 0 Å². The number of aryl methyl sites for hydroxylation is 2. The summed E-state index contributed by atoms with van der Waals surface area (Å²) in [6.07, 6.45) is 3.46. The van der Waals surface area contributed by atoms with Crippen molar-refractivity contribution < 1.29 is 9.53 Å². The largest absolute Gasteiger partial charge is 0.382 e. The molecule has 3 aromatic rings. The molecular formula is C15H19N7O2. The van der Waals surface area contributed by atoms with Gasteiger partial charge in [-0.15, -0.1) is 0 Å². The van der Waals surface area contributed by atoms with Crippen LogP contribution < -0.4 is 10.6 Å². The van der Waals surface area contributed by atoms with Crippen molar-refractivity contribution >= 4 is 17.4 Å². The number of anilines is 1. The Morgan fingerprint density at radius 1 is 1.42 bits per heavy atom. The third-order valence-corrected chi connectivity index (χ3v) is 3.57. The summed E-state index contributed by atoms with van der Waals surface area (Å²) >= 11 is 0. The standard InChI is InChI=1S/C15H19N7O2/c1-10-17-14-11(5-4-8-22(14)20-10)18-15(23)19-12(9-24-3)13-6-7-16-21(13)2/h4-8,12H,9H2,1-3H3,(H2,18,19,23). The van der Waals surface area contributed by atoms with E-state index in [9.17, 15) is 4.79 Å². The molecule has 3 heterocycles. The van der Waals surface area contributed by atoms with Gasteiger partial charge in [0, 0.05) is 26.6 Å². The highest BCUT2D eigenvalue weighted by atomic mass is 16.5. The monoisotopic (exact) mass is 329 g/mol. The van der Waals surface area contributed by atoms with Crippen molar-refractivity contribution in [3.05, 3.63) is 42.1 Å². The average Bonchev–Trinajstić information content (AvgIpc) is 3.12. The molecule has 126 valence electrons. The molecule has 0 aliphatic heterocycles. The minimum atomic E-state index is -0.355. The lowest BCUT2D eigenvalue weighted by Gasteiger charge is -2.18. The maximum Gasteiger partial charge on any atom is 0.319 e. The molecule has 9 heteroatoms. The molecule has 2 amide bonds. The number of rotatable bonds is 5. The van der Waals surface area contributed by atoms with Gasteiger partial charge in [-0.1, -0.05) is 0 Å². The molecule has 0 spiro atoms. The number of amides is 2. The van der Waals surface area contributed by atoms with Gasteiger partial charge in [-0.2, -0.15) is 10.2 Å². The number of ether oxygens (including phenoxy) is 1.